The molecule has 108 valence electrons. The first-order valence-corrected chi connectivity index (χ1v) is 7.43. The third-order valence-corrected chi connectivity index (χ3v) is 3.77. The van der Waals surface area contributed by atoms with E-state index >= 15 is 0 Å². The number of thiazole rings is 1. The first-order valence-electron chi connectivity index (χ1n) is 6.61. The van der Waals surface area contributed by atoms with Crippen LogP contribution in [0.4, 0.5) is 5.13 Å². The van der Waals surface area contributed by atoms with Gasteiger partial charge in [-0.3, -0.25) is 0 Å². The zero-order valence-electron chi connectivity index (χ0n) is 11.8. The lowest BCUT2D eigenvalue weighted by Crippen LogP contribution is -2.07. The molecule has 6 heteroatoms. The summed E-state index contributed by atoms with van der Waals surface area (Å²) in [4.78, 5) is 15.9. The second-order valence-corrected chi connectivity index (χ2v) is 5.24. The van der Waals surface area contributed by atoms with Crippen molar-refractivity contribution in [1.82, 2.24) is 4.98 Å². The van der Waals surface area contributed by atoms with Gasteiger partial charge < -0.3 is 10.1 Å². The largest absolute Gasteiger partial charge is 0.462 e. The molecule has 1 heterocycles. The van der Waals surface area contributed by atoms with Crippen molar-refractivity contribution >= 4 is 32.7 Å². The number of nitrogens with one attached hydrogen (secondary N) is 1. The van der Waals surface area contributed by atoms with Gasteiger partial charge in [0.05, 0.1) is 16.8 Å². The number of aromatic nitrogens is 1. The van der Waals surface area contributed by atoms with Crippen LogP contribution >= 0.6 is 11.3 Å². The Labute approximate surface area is 126 Å². The van der Waals surface area contributed by atoms with Crippen molar-refractivity contribution in [3.05, 3.63) is 35.5 Å². The lowest BCUT2D eigenvalue weighted by atomic mass is 10.2. The molecule has 1 aromatic heterocycles. The predicted molar refractivity (Wildman–Crippen MR) is 82.9 cm³/mol. The zero-order valence-corrected chi connectivity index (χ0v) is 12.7. The molecule has 1 N–H and O–H groups in total. The van der Waals surface area contributed by atoms with Crippen LogP contribution in [0, 0.1) is 11.3 Å². The van der Waals surface area contributed by atoms with Gasteiger partial charge in [0.15, 0.2) is 10.7 Å². The van der Waals surface area contributed by atoms with Crippen molar-refractivity contribution in [3.8, 4) is 6.07 Å². The maximum Gasteiger partial charge on any atom is 0.350 e. The van der Waals surface area contributed by atoms with Crippen LogP contribution < -0.4 is 5.32 Å². The van der Waals surface area contributed by atoms with Gasteiger partial charge in [0.2, 0.25) is 0 Å². The summed E-state index contributed by atoms with van der Waals surface area (Å²) in [5, 5.41) is 12.5. The van der Waals surface area contributed by atoms with Crippen molar-refractivity contribution in [2.45, 2.75) is 20.3 Å². The summed E-state index contributed by atoms with van der Waals surface area (Å²) < 4.78 is 5.86. The molecule has 2 aromatic rings. The van der Waals surface area contributed by atoms with Gasteiger partial charge in [0.25, 0.3) is 0 Å². The molecule has 1 aromatic carbocycles. The Morgan fingerprint density at radius 3 is 3.00 bits per heavy atom. The molecular weight excluding hydrogens is 286 g/mol. The van der Waals surface area contributed by atoms with Gasteiger partial charge in [-0.15, -0.1) is 0 Å². The summed E-state index contributed by atoms with van der Waals surface area (Å²) in [7, 11) is 0. The second kappa shape index (κ2) is 6.86. The van der Waals surface area contributed by atoms with E-state index in [1.807, 2.05) is 18.2 Å². The average molecular weight is 301 g/mol. The molecule has 0 aliphatic heterocycles. The van der Waals surface area contributed by atoms with Gasteiger partial charge in [0, 0.05) is 6.20 Å². The number of fused-ring (bicyclic) bond motifs is 1. The number of anilines is 1. The summed E-state index contributed by atoms with van der Waals surface area (Å²) in [5.74, 6) is -0.637. The molecule has 2 rings (SSSR count). The summed E-state index contributed by atoms with van der Waals surface area (Å²) >= 11 is 1.48. The molecule has 0 saturated carbocycles. The van der Waals surface area contributed by atoms with E-state index in [0.29, 0.717) is 5.13 Å². The number of carbonyl (C=O) groups is 1. The number of esters is 1. The van der Waals surface area contributed by atoms with E-state index in [9.17, 15) is 4.79 Å². The van der Waals surface area contributed by atoms with Crippen LogP contribution in [-0.2, 0) is 16.0 Å². The minimum absolute atomic E-state index is 0.0784. The Bertz CT molecular complexity index is 728. The van der Waals surface area contributed by atoms with E-state index in [2.05, 4.69) is 23.3 Å². The topological polar surface area (TPSA) is 75.0 Å². The number of benzene rings is 1. The van der Waals surface area contributed by atoms with Crippen molar-refractivity contribution in [1.29, 1.82) is 5.26 Å². The second-order valence-electron chi connectivity index (χ2n) is 4.21. The van der Waals surface area contributed by atoms with Gasteiger partial charge in [-0.2, -0.15) is 5.26 Å². The van der Waals surface area contributed by atoms with Gasteiger partial charge in [-0.05, 0) is 31.0 Å². The average Bonchev–Trinajstić information content (AvgIpc) is 2.89. The van der Waals surface area contributed by atoms with E-state index < -0.39 is 5.97 Å². The summed E-state index contributed by atoms with van der Waals surface area (Å²) in [5.41, 5.74) is 2.06. The number of nitriles is 1. The van der Waals surface area contributed by atoms with E-state index in [1.165, 1.54) is 23.1 Å². The highest BCUT2D eigenvalue weighted by atomic mass is 32.1. The lowest BCUT2D eigenvalue weighted by Gasteiger charge is -1.99. The molecule has 0 aliphatic rings. The maximum absolute atomic E-state index is 11.5. The highest BCUT2D eigenvalue weighted by molar-refractivity contribution is 7.22. The van der Waals surface area contributed by atoms with Gasteiger partial charge in [-0.25, -0.2) is 9.78 Å². The fraction of sp³-hybridized carbons (Fsp3) is 0.267. The van der Waals surface area contributed by atoms with Crippen LogP contribution in [-0.4, -0.2) is 17.6 Å². The smallest absolute Gasteiger partial charge is 0.350 e. The van der Waals surface area contributed by atoms with Crippen LogP contribution in [0.15, 0.2) is 30.0 Å². The fourth-order valence-corrected chi connectivity index (χ4v) is 2.63. The highest BCUT2D eigenvalue weighted by Crippen LogP contribution is 2.27. The zero-order chi connectivity index (χ0) is 15.2. The Hall–Kier alpha value is -2.39. The number of hydrogen-bond donors (Lipinski definition) is 1. The van der Waals surface area contributed by atoms with Crippen molar-refractivity contribution in [2.75, 3.05) is 11.9 Å². The molecule has 0 spiro atoms. The van der Waals surface area contributed by atoms with Crippen LogP contribution in [0.5, 0.6) is 0 Å². The molecule has 0 fully saturated rings. The van der Waals surface area contributed by atoms with E-state index in [-0.39, 0.29) is 12.2 Å². The van der Waals surface area contributed by atoms with Crippen LogP contribution in [0.2, 0.25) is 0 Å². The molecule has 0 radical (unpaired) electrons. The van der Waals surface area contributed by atoms with Crippen LogP contribution in [0.1, 0.15) is 19.4 Å². The molecule has 5 nitrogen and oxygen atoms in total. The molecule has 0 amide bonds. The summed E-state index contributed by atoms with van der Waals surface area (Å²) in [6, 6.07) is 7.92. The molecular formula is C15H15N3O2S. The Morgan fingerprint density at radius 1 is 1.52 bits per heavy atom. The fourth-order valence-electron chi connectivity index (χ4n) is 1.73. The monoisotopic (exact) mass is 301 g/mol. The van der Waals surface area contributed by atoms with E-state index in [1.54, 1.807) is 6.92 Å². The number of nitrogens with zero attached hydrogens (tertiary/aromatic N) is 2. The van der Waals surface area contributed by atoms with Crippen LogP contribution in [0.25, 0.3) is 10.2 Å². The van der Waals surface area contributed by atoms with Gasteiger partial charge >= 0.3 is 5.97 Å². The minimum atomic E-state index is -0.637. The Kier molecular flexibility index (Phi) is 4.90. The predicted octanol–water partition coefficient (Wildman–Crippen LogP) is 3.24. The molecule has 0 unspecified atom stereocenters. The summed E-state index contributed by atoms with van der Waals surface area (Å²) in [6.07, 6.45) is 2.30. The number of rotatable bonds is 5. The van der Waals surface area contributed by atoms with Gasteiger partial charge in [0.1, 0.15) is 6.07 Å². The van der Waals surface area contributed by atoms with Gasteiger partial charge in [-0.1, -0.05) is 24.3 Å². The highest BCUT2D eigenvalue weighted by Gasteiger charge is 2.10. The lowest BCUT2D eigenvalue weighted by molar-refractivity contribution is -0.138. The third kappa shape index (κ3) is 3.58. The number of ether oxygens (including phenoxy) is 1. The SMILES string of the molecule is CCOC(=O)/C(C#N)=C/Nc1nc2ccc(CC)cc2s1. The van der Waals surface area contributed by atoms with Crippen molar-refractivity contribution in [3.63, 3.8) is 0 Å². The molecule has 0 bridgehead atoms. The molecule has 0 aliphatic carbocycles. The van der Waals surface area contributed by atoms with Crippen LogP contribution in [0.3, 0.4) is 0 Å². The van der Waals surface area contributed by atoms with E-state index in [4.69, 9.17) is 10.00 Å². The minimum Gasteiger partial charge on any atom is -0.462 e. The third-order valence-electron chi connectivity index (χ3n) is 2.82. The first-order chi connectivity index (χ1) is 10.2. The molecule has 0 saturated heterocycles. The number of carbonyl (C=O) groups excluding carboxylic acids is 1. The normalized spacial score (nSPS) is 11.2. The standard InChI is InChI=1S/C15H15N3O2S/c1-3-10-5-6-12-13(7-10)21-15(18-12)17-9-11(8-16)14(19)20-4-2/h5-7,9H,3-4H2,1-2H3,(H,17,18)/b11-9+. The molecule has 0 atom stereocenters. The first kappa shape index (κ1) is 15.0. The van der Waals surface area contributed by atoms with Crippen molar-refractivity contribution < 1.29 is 9.53 Å². The molecule has 21 heavy (non-hydrogen) atoms. The Balaban J connectivity index is 2.19. The number of aryl methyl sites for hydroxylation is 1. The number of hydrogen-bond acceptors (Lipinski definition) is 6. The quantitative estimate of drug-likeness (QED) is 0.521. The maximum atomic E-state index is 11.5. The Morgan fingerprint density at radius 2 is 2.33 bits per heavy atom. The van der Waals surface area contributed by atoms with Crippen molar-refractivity contribution in [2.24, 2.45) is 0 Å². The van der Waals surface area contributed by atoms with E-state index in [0.717, 1.165) is 16.6 Å². The summed E-state index contributed by atoms with van der Waals surface area (Å²) in [6.45, 7) is 4.03.